The van der Waals surface area contributed by atoms with Crippen molar-refractivity contribution in [3.63, 3.8) is 0 Å². The Labute approximate surface area is 116 Å². The van der Waals surface area contributed by atoms with Crippen LogP contribution in [0.1, 0.15) is 5.56 Å². The molecule has 1 heterocycles. The zero-order valence-electron chi connectivity index (χ0n) is 10.3. The standard InChI is InChI=1S/C12H13ClN2O3S/c1-10-2-3-11(12(8-10)19(13,16)17)18-7-6-15-5-4-14-9-15/h2-5,8-9H,6-7H2,1H3. The van der Waals surface area contributed by atoms with Crippen LogP contribution < -0.4 is 4.74 Å². The molecule has 2 aromatic rings. The van der Waals surface area contributed by atoms with Gasteiger partial charge >= 0.3 is 0 Å². The summed E-state index contributed by atoms with van der Waals surface area (Å²) < 4.78 is 30.3. The molecule has 1 aromatic heterocycles. The summed E-state index contributed by atoms with van der Waals surface area (Å²) in [5.41, 5.74) is 0.807. The monoisotopic (exact) mass is 300 g/mol. The SMILES string of the molecule is Cc1ccc(OCCn2ccnc2)c(S(=O)(=O)Cl)c1. The van der Waals surface area contributed by atoms with E-state index in [4.69, 9.17) is 15.4 Å². The van der Waals surface area contributed by atoms with Crippen LogP contribution in [-0.4, -0.2) is 24.6 Å². The highest BCUT2D eigenvalue weighted by Gasteiger charge is 2.17. The fourth-order valence-electron chi connectivity index (χ4n) is 1.61. The minimum Gasteiger partial charge on any atom is -0.490 e. The van der Waals surface area contributed by atoms with E-state index in [0.717, 1.165) is 5.56 Å². The fourth-order valence-corrected chi connectivity index (χ4v) is 2.66. The lowest BCUT2D eigenvalue weighted by molar-refractivity contribution is 0.291. The Morgan fingerprint density at radius 2 is 2.21 bits per heavy atom. The van der Waals surface area contributed by atoms with Crippen LogP contribution in [0.25, 0.3) is 0 Å². The van der Waals surface area contributed by atoms with E-state index in [-0.39, 0.29) is 10.6 Å². The third-order valence-electron chi connectivity index (χ3n) is 2.53. The first-order valence-corrected chi connectivity index (χ1v) is 7.91. The van der Waals surface area contributed by atoms with Gasteiger partial charge in [-0.15, -0.1) is 0 Å². The minimum atomic E-state index is -3.81. The van der Waals surface area contributed by atoms with Gasteiger partial charge in [-0.05, 0) is 24.6 Å². The van der Waals surface area contributed by atoms with Crippen LogP contribution in [0.5, 0.6) is 5.75 Å². The number of imidazole rings is 1. The molecule has 0 N–H and O–H groups in total. The Bertz CT molecular complexity index is 654. The number of hydrogen-bond donors (Lipinski definition) is 0. The molecule has 0 spiro atoms. The quantitative estimate of drug-likeness (QED) is 0.794. The molecule has 0 bridgehead atoms. The number of aryl methyl sites for hydroxylation is 1. The molecular weight excluding hydrogens is 288 g/mol. The molecule has 0 aliphatic heterocycles. The molecule has 0 unspecified atom stereocenters. The van der Waals surface area contributed by atoms with Gasteiger partial charge in [0, 0.05) is 23.1 Å². The molecule has 0 atom stereocenters. The molecular formula is C12H13ClN2O3S. The summed E-state index contributed by atoms with van der Waals surface area (Å²) in [6.45, 7) is 2.70. The maximum atomic E-state index is 11.5. The first-order chi connectivity index (χ1) is 8.97. The molecule has 0 saturated heterocycles. The number of nitrogens with zero attached hydrogens (tertiary/aromatic N) is 2. The predicted molar refractivity (Wildman–Crippen MR) is 71.9 cm³/mol. The van der Waals surface area contributed by atoms with Crippen molar-refractivity contribution in [3.8, 4) is 5.75 Å². The van der Waals surface area contributed by atoms with Crippen molar-refractivity contribution in [3.05, 3.63) is 42.5 Å². The minimum absolute atomic E-state index is 0.000187. The van der Waals surface area contributed by atoms with Crippen molar-refractivity contribution in [2.24, 2.45) is 0 Å². The topological polar surface area (TPSA) is 61.2 Å². The highest BCUT2D eigenvalue weighted by molar-refractivity contribution is 8.13. The first kappa shape index (κ1) is 13.9. The number of ether oxygens (including phenoxy) is 1. The Kier molecular flexibility index (Phi) is 4.11. The van der Waals surface area contributed by atoms with Gasteiger partial charge < -0.3 is 9.30 Å². The Hall–Kier alpha value is -1.53. The average Bonchev–Trinajstić information content (AvgIpc) is 2.83. The van der Waals surface area contributed by atoms with E-state index >= 15 is 0 Å². The normalized spacial score (nSPS) is 11.5. The Morgan fingerprint density at radius 1 is 1.42 bits per heavy atom. The van der Waals surface area contributed by atoms with Crippen LogP contribution in [-0.2, 0) is 15.6 Å². The van der Waals surface area contributed by atoms with Crippen LogP contribution in [0.15, 0.2) is 41.8 Å². The van der Waals surface area contributed by atoms with E-state index in [1.54, 1.807) is 37.8 Å². The van der Waals surface area contributed by atoms with Gasteiger partial charge in [0.25, 0.3) is 9.05 Å². The Balaban J connectivity index is 2.12. The lowest BCUT2D eigenvalue weighted by atomic mass is 10.2. The van der Waals surface area contributed by atoms with Gasteiger partial charge in [0.05, 0.1) is 12.9 Å². The van der Waals surface area contributed by atoms with Crippen molar-refractivity contribution in [2.45, 2.75) is 18.4 Å². The van der Waals surface area contributed by atoms with E-state index in [1.807, 2.05) is 4.57 Å². The largest absolute Gasteiger partial charge is 0.490 e. The molecule has 102 valence electrons. The second-order valence-electron chi connectivity index (χ2n) is 4.04. The summed E-state index contributed by atoms with van der Waals surface area (Å²) in [7, 11) is 1.58. The van der Waals surface area contributed by atoms with Crippen LogP contribution >= 0.6 is 10.7 Å². The summed E-state index contributed by atoms with van der Waals surface area (Å²) in [5, 5.41) is 0. The predicted octanol–water partition coefficient (Wildman–Crippen LogP) is 2.20. The van der Waals surface area contributed by atoms with Crippen LogP contribution in [0.3, 0.4) is 0 Å². The summed E-state index contributed by atoms with van der Waals surface area (Å²) in [5.74, 6) is 0.265. The van der Waals surface area contributed by atoms with Crippen molar-refractivity contribution in [1.29, 1.82) is 0 Å². The number of hydrogen-bond acceptors (Lipinski definition) is 4. The third-order valence-corrected chi connectivity index (χ3v) is 3.87. The first-order valence-electron chi connectivity index (χ1n) is 5.60. The zero-order chi connectivity index (χ0) is 13.9. The van der Waals surface area contributed by atoms with Crippen molar-refractivity contribution < 1.29 is 13.2 Å². The summed E-state index contributed by atoms with van der Waals surface area (Å²) >= 11 is 0. The molecule has 0 aliphatic rings. The summed E-state index contributed by atoms with van der Waals surface area (Å²) in [6, 6.07) is 4.88. The summed E-state index contributed by atoms with van der Waals surface area (Å²) in [6.07, 6.45) is 5.13. The Morgan fingerprint density at radius 3 is 2.84 bits per heavy atom. The lowest BCUT2D eigenvalue weighted by Crippen LogP contribution is -2.08. The van der Waals surface area contributed by atoms with Crippen molar-refractivity contribution >= 4 is 19.7 Å². The van der Waals surface area contributed by atoms with Gasteiger partial charge in [-0.2, -0.15) is 0 Å². The highest BCUT2D eigenvalue weighted by atomic mass is 35.7. The number of benzene rings is 1. The van der Waals surface area contributed by atoms with E-state index in [2.05, 4.69) is 4.98 Å². The van der Waals surface area contributed by atoms with Crippen LogP contribution in [0, 0.1) is 6.92 Å². The molecule has 5 nitrogen and oxygen atoms in total. The molecule has 1 aromatic carbocycles. The van der Waals surface area contributed by atoms with E-state index < -0.39 is 9.05 Å². The fraction of sp³-hybridized carbons (Fsp3) is 0.250. The van der Waals surface area contributed by atoms with Crippen LogP contribution in [0.4, 0.5) is 0 Å². The molecule has 19 heavy (non-hydrogen) atoms. The number of halogens is 1. The maximum Gasteiger partial charge on any atom is 0.264 e. The van der Waals surface area contributed by atoms with Crippen molar-refractivity contribution in [1.82, 2.24) is 9.55 Å². The molecule has 0 amide bonds. The molecule has 7 heteroatoms. The highest BCUT2D eigenvalue weighted by Crippen LogP contribution is 2.27. The molecule has 0 aliphatic carbocycles. The van der Waals surface area contributed by atoms with Gasteiger partial charge in [-0.3, -0.25) is 0 Å². The lowest BCUT2D eigenvalue weighted by Gasteiger charge is -2.10. The smallest absolute Gasteiger partial charge is 0.264 e. The van der Waals surface area contributed by atoms with Gasteiger partial charge in [0.1, 0.15) is 17.3 Å². The second kappa shape index (κ2) is 5.63. The van der Waals surface area contributed by atoms with Gasteiger partial charge in [0.2, 0.25) is 0 Å². The molecule has 0 radical (unpaired) electrons. The second-order valence-corrected chi connectivity index (χ2v) is 6.57. The third kappa shape index (κ3) is 3.71. The molecule has 2 rings (SSSR count). The van der Waals surface area contributed by atoms with Gasteiger partial charge in [0.15, 0.2) is 0 Å². The molecule has 0 saturated carbocycles. The number of aromatic nitrogens is 2. The average molecular weight is 301 g/mol. The number of rotatable bonds is 5. The summed E-state index contributed by atoms with van der Waals surface area (Å²) in [4.78, 5) is 3.91. The van der Waals surface area contributed by atoms with E-state index in [9.17, 15) is 8.42 Å². The van der Waals surface area contributed by atoms with Crippen molar-refractivity contribution in [2.75, 3.05) is 6.61 Å². The van der Waals surface area contributed by atoms with E-state index in [0.29, 0.717) is 13.2 Å². The molecule has 0 fully saturated rings. The van der Waals surface area contributed by atoms with Gasteiger partial charge in [-0.25, -0.2) is 13.4 Å². The van der Waals surface area contributed by atoms with Crippen LogP contribution in [0.2, 0.25) is 0 Å². The maximum absolute atomic E-state index is 11.5. The van der Waals surface area contributed by atoms with Gasteiger partial charge in [-0.1, -0.05) is 6.07 Å². The van der Waals surface area contributed by atoms with E-state index in [1.165, 1.54) is 6.07 Å². The zero-order valence-corrected chi connectivity index (χ0v) is 11.9.